The van der Waals surface area contributed by atoms with Crippen LogP contribution in [0.15, 0.2) is 0 Å². The lowest BCUT2D eigenvalue weighted by Gasteiger charge is -2.29. The van der Waals surface area contributed by atoms with E-state index in [0.29, 0.717) is 6.54 Å². The van der Waals surface area contributed by atoms with Gasteiger partial charge in [0.1, 0.15) is 11.6 Å². The van der Waals surface area contributed by atoms with Crippen LogP contribution in [0.25, 0.3) is 0 Å². The second-order valence-electron chi connectivity index (χ2n) is 5.37. The highest BCUT2D eigenvalue weighted by Gasteiger charge is 2.41. The monoisotopic (exact) mass is 258 g/mol. The van der Waals surface area contributed by atoms with E-state index < -0.39 is 17.7 Å². The fourth-order valence-corrected chi connectivity index (χ4v) is 3.24. The number of carbonyl (C=O) groups excluding carboxylic acids is 2. The number of rotatable bonds is 1. The topological polar surface area (TPSA) is 58.6 Å². The Morgan fingerprint density at radius 3 is 2.88 bits per heavy atom. The average Bonchev–Trinajstić information content (AvgIpc) is 2.55. The molecule has 0 aliphatic carbocycles. The lowest BCUT2D eigenvalue weighted by molar-refractivity contribution is -0.120. The fourth-order valence-electron chi connectivity index (χ4n) is 1.96. The second kappa shape index (κ2) is 4.49. The maximum atomic E-state index is 12.0. The van der Waals surface area contributed by atoms with Crippen molar-refractivity contribution in [2.75, 3.05) is 13.1 Å². The van der Waals surface area contributed by atoms with E-state index in [-0.39, 0.29) is 11.0 Å². The molecular weight excluding hydrogens is 240 g/mol. The van der Waals surface area contributed by atoms with Crippen molar-refractivity contribution < 1.29 is 14.3 Å². The molecule has 2 fully saturated rings. The molecule has 2 rings (SSSR count). The van der Waals surface area contributed by atoms with E-state index in [1.165, 1.54) is 0 Å². The molecule has 5 nitrogen and oxygen atoms in total. The molecule has 0 spiro atoms. The summed E-state index contributed by atoms with van der Waals surface area (Å²) < 4.78 is 7.29. The van der Waals surface area contributed by atoms with Crippen LogP contribution in [0.2, 0.25) is 0 Å². The van der Waals surface area contributed by atoms with Crippen LogP contribution in [0.4, 0.5) is 4.79 Å². The van der Waals surface area contributed by atoms with E-state index in [1.54, 1.807) is 32.7 Å². The summed E-state index contributed by atoms with van der Waals surface area (Å²) in [6.07, 6.45) is 0.374. The van der Waals surface area contributed by atoms with Gasteiger partial charge in [-0.05, 0) is 27.2 Å². The first kappa shape index (κ1) is 12.7. The summed E-state index contributed by atoms with van der Waals surface area (Å²) in [6, 6.07) is -0.418. The second-order valence-corrected chi connectivity index (χ2v) is 6.67. The lowest BCUT2D eigenvalue weighted by Crippen LogP contribution is -2.52. The predicted octanol–water partition coefficient (Wildman–Crippen LogP) is 1.18. The van der Waals surface area contributed by atoms with Crippen LogP contribution < -0.4 is 5.32 Å². The molecule has 0 saturated carbocycles. The molecule has 0 aromatic heterocycles. The Morgan fingerprint density at radius 2 is 2.24 bits per heavy atom. The molecule has 96 valence electrons. The molecular formula is C11H18N2O3S. The van der Waals surface area contributed by atoms with Gasteiger partial charge in [0.25, 0.3) is 0 Å². The van der Waals surface area contributed by atoms with Crippen molar-refractivity contribution in [3.8, 4) is 0 Å². The highest BCUT2D eigenvalue weighted by molar-refractivity contribution is 7.98. The van der Waals surface area contributed by atoms with Crippen LogP contribution in [-0.2, 0) is 9.53 Å². The van der Waals surface area contributed by atoms with Gasteiger partial charge in [0.05, 0.1) is 5.25 Å². The van der Waals surface area contributed by atoms with Crippen LogP contribution >= 0.6 is 11.9 Å². The Labute approximate surface area is 105 Å². The van der Waals surface area contributed by atoms with Gasteiger partial charge in [-0.25, -0.2) is 9.10 Å². The zero-order chi connectivity index (χ0) is 12.6. The number of carbonyl (C=O) groups is 2. The molecule has 0 aromatic rings. The first-order chi connectivity index (χ1) is 7.85. The van der Waals surface area contributed by atoms with Crippen molar-refractivity contribution in [3.63, 3.8) is 0 Å². The number of Topliss-reactive ketones (excluding diaryl/α,β-unsaturated/α-hetero) is 1. The van der Waals surface area contributed by atoms with Gasteiger partial charge in [-0.15, -0.1) is 0 Å². The largest absolute Gasteiger partial charge is 0.444 e. The van der Waals surface area contributed by atoms with Crippen LogP contribution in [0.3, 0.4) is 0 Å². The molecule has 1 N–H and O–H groups in total. The van der Waals surface area contributed by atoms with E-state index in [2.05, 4.69) is 9.62 Å². The van der Waals surface area contributed by atoms with Crippen molar-refractivity contribution in [2.45, 2.75) is 44.1 Å². The van der Waals surface area contributed by atoms with E-state index in [4.69, 9.17) is 4.74 Å². The maximum Gasteiger partial charge on any atom is 0.408 e. The molecule has 2 unspecified atom stereocenters. The van der Waals surface area contributed by atoms with Crippen molar-refractivity contribution in [3.05, 3.63) is 0 Å². The number of nitrogens with one attached hydrogen (secondary N) is 1. The number of alkyl carbamates (subject to hydrolysis) is 1. The van der Waals surface area contributed by atoms with Crippen molar-refractivity contribution in [1.82, 2.24) is 9.62 Å². The van der Waals surface area contributed by atoms with Crippen LogP contribution in [0, 0.1) is 0 Å². The summed E-state index contributed by atoms with van der Waals surface area (Å²) in [4.78, 5) is 23.6. The molecule has 3 atom stereocenters. The molecule has 0 radical (unpaired) electrons. The zero-order valence-electron chi connectivity index (χ0n) is 10.4. The van der Waals surface area contributed by atoms with Gasteiger partial charge in [0.15, 0.2) is 5.78 Å². The van der Waals surface area contributed by atoms with Gasteiger partial charge < -0.3 is 10.1 Å². The van der Waals surface area contributed by atoms with Crippen molar-refractivity contribution in [2.24, 2.45) is 0 Å². The normalized spacial score (nSPS) is 32.4. The molecule has 2 heterocycles. The Hall–Kier alpha value is -0.750. The molecule has 2 aliphatic heterocycles. The SMILES string of the molecule is CC(C)(C)OC(=O)N[C@H]1CN2CCC(S2)C1=O. The number of fused-ring (bicyclic) bond motifs is 2. The third kappa shape index (κ3) is 3.13. The molecule has 17 heavy (non-hydrogen) atoms. The van der Waals surface area contributed by atoms with E-state index >= 15 is 0 Å². The third-order valence-electron chi connectivity index (χ3n) is 2.65. The number of hydrogen-bond donors (Lipinski definition) is 1. The fraction of sp³-hybridized carbons (Fsp3) is 0.818. The van der Waals surface area contributed by atoms with Gasteiger partial charge in [-0.2, -0.15) is 0 Å². The zero-order valence-corrected chi connectivity index (χ0v) is 11.2. The molecule has 2 aliphatic rings. The molecule has 2 saturated heterocycles. The third-order valence-corrected chi connectivity index (χ3v) is 4.01. The minimum absolute atomic E-state index is 0.0173. The Morgan fingerprint density at radius 1 is 1.53 bits per heavy atom. The number of ketones is 1. The van der Waals surface area contributed by atoms with Crippen LogP contribution in [-0.4, -0.2) is 46.2 Å². The van der Waals surface area contributed by atoms with E-state index in [1.807, 2.05) is 0 Å². The standard InChI is InChI=1S/C11H18N2O3S/c1-11(2,3)16-10(15)12-7-6-13-5-4-8(17-13)9(7)14/h7-8H,4-6H2,1-3H3,(H,12,15)/t7-,8?/m0/s1. The number of ether oxygens (including phenoxy) is 1. The summed E-state index contributed by atoms with van der Waals surface area (Å²) in [5.74, 6) is 0.120. The quantitative estimate of drug-likeness (QED) is 0.716. The predicted molar refractivity (Wildman–Crippen MR) is 65.7 cm³/mol. The summed E-state index contributed by atoms with van der Waals surface area (Å²) in [5.41, 5.74) is -0.532. The van der Waals surface area contributed by atoms with Gasteiger partial charge in [0.2, 0.25) is 0 Å². The number of nitrogens with zero attached hydrogens (tertiary/aromatic N) is 1. The average molecular weight is 258 g/mol. The van der Waals surface area contributed by atoms with Gasteiger partial charge >= 0.3 is 6.09 Å². The molecule has 2 bridgehead atoms. The minimum atomic E-state index is -0.532. The summed E-state index contributed by atoms with van der Waals surface area (Å²) in [6.45, 7) is 6.92. The first-order valence-corrected chi connectivity index (χ1v) is 6.64. The Balaban J connectivity index is 1.91. The van der Waals surface area contributed by atoms with Gasteiger partial charge in [0, 0.05) is 13.1 Å². The maximum absolute atomic E-state index is 12.0. The summed E-state index contributed by atoms with van der Waals surface area (Å²) in [5, 5.41) is 2.68. The Bertz CT molecular complexity index is 340. The van der Waals surface area contributed by atoms with E-state index in [0.717, 1.165) is 13.0 Å². The molecule has 1 amide bonds. The summed E-state index contributed by atoms with van der Waals surface area (Å²) in [7, 11) is 0. The minimum Gasteiger partial charge on any atom is -0.444 e. The molecule has 0 aromatic carbocycles. The smallest absolute Gasteiger partial charge is 0.408 e. The van der Waals surface area contributed by atoms with Crippen LogP contribution in [0.5, 0.6) is 0 Å². The summed E-state index contributed by atoms with van der Waals surface area (Å²) >= 11 is 1.60. The molecule has 6 heteroatoms. The highest BCUT2D eigenvalue weighted by atomic mass is 32.2. The Kier molecular flexibility index (Phi) is 3.36. The van der Waals surface area contributed by atoms with Gasteiger partial charge in [-0.3, -0.25) is 4.79 Å². The highest BCUT2D eigenvalue weighted by Crippen LogP contribution is 2.34. The number of amides is 1. The van der Waals surface area contributed by atoms with E-state index in [9.17, 15) is 9.59 Å². The van der Waals surface area contributed by atoms with Crippen molar-refractivity contribution in [1.29, 1.82) is 0 Å². The lowest BCUT2D eigenvalue weighted by atomic mass is 10.1. The number of hydrogen-bond acceptors (Lipinski definition) is 5. The van der Waals surface area contributed by atoms with Crippen molar-refractivity contribution >= 4 is 23.8 Å². The van der Waals surface area contributed by atoms with Gasteiger partial charge in [-0.1, -0.05) is 11.9 Å². The first-order valence-electron chi connectivity index (χ1n) is 5.80. The van der Waals surface area contributed by atoms with Crippen LogP contribution in [0.1, 0.15) is 27.2 Å².